The fourth-order valence-electron chi connectivity index (χ4n) is 5.51. The van der Waals surface area contributed by atoms with Gasteiger partial charge in [-0.25, -0.2) is 0 Å². The second-order valence-corrected chi connectivity index (χ2v) is 10.7. The first-order valence-electron chi connectivity index (χ1n) is 14.3. The van der Waals surface area contributed by atoms with Crippen LogP contribution in [0.15, 0.2) is 67.0 Å². The molecular weight excluding hydrogens is 520 g/mol. The summed E-state index contributed by atoms with van der Waals surface area (Å²) < 4.78 is 23.6. The first-order valence-corrected chi connectivity index (χ1v) is 14.3. The number of methoxy groups -OCH3 is 2. The number of nitrogens with one attached hydrogen (secondary N) is 1. The minimum Gasteiger partial charge on any atom is -0.493 e. The topological polar surface area (TPSA) is 85.4 Å². The van der Waals surface area contributed by atoms with Gasteiger partial charge in [0.1, 0.15) is 5.75 Å². The van der Waals surface area contributed by atoms with E-state index in [-0.39, 0.29) is 24.6 Å². The number of hydrogen-bond acceptors (Lipinski definition) is 8. The minimum atomic E-state index is -0.126. The van der Waals surface area contributed by atoms with Crippen LogP contribution in [-0.4, -0.2) is 79.8 Å². The van der Waals surface area contributed by atoms with Gasteiger partial charge >= 0.3 is 0 Å². The van der Waals surface area contributed by atoms with E-state index >= 15 is 0 Å². The molecule has 4 bridgehead atoms. The SMILES string of the molecule is COCCCN1CC(=O)N[C@H]2CN(Cc3ccncc3)CC[C@H]2OCc2cccc(c2)Oc2cc(ccc2OC)C1. The summed E-state index contributed by atoms with van der Waals surface area (Å²) in [5.41, 5.74) is 3.26. The van der Waals surface area contributed by atoms with Gasteiger partial charge in [-0.3, -0.25) is 19.6 Å². The molecule has 1 N–H and O–H groups in total. The predicted octanol–water partition coefficient (Wildman–Crippen LogP) is 4.01. The van der Waals surface area contributed by atoms with E-state index in [0.717, 1.165) is 49.4 Å². The maximum Gasteiger partial charge on any atom is 0.234 e. The third-order valence-electron chi connectivity index (χ3n) is 7.55. The number of likely N-dealkylation sites (tertiary alicyclic amines) is 1. The number of nitrogens with zero attached hydrogens (tertiary/aromatic N) is 3. The molecule has 9 heteroatoms. The van der Waals surface area contributed by atoms with Crippen molar-refractivity contribution in [2.45, 2.75) is 44.7 Å². The average Bonchev–Trinajstić information content (AvgIpc) is 2.97. The monoisotopic (exact) mass is 560 g/mol. The van der Waals surface area contributed by atoms with Crippen LogP contribution in [0, 0.1) is 0 Å². The number of amides is 1. The summed E-state index contributed by atoms with van der Waals surface area (Å²) in [5, 5.41) is 3.33. The zero-order valence-electron chi connectivity index (χ0n) is 24.0. The molecule has 9 nitrogen and oxygen atoms in total. The predicted molar refractivity (Wildman–Crippen MR) is 156 cm³/mol. The number of fused-ring (bicyclic) bond motifs is 5. The van der Waals surface area contributed by atoms with Gasteiger partial charge in [-0.15, -0.1) is 0 Å². The second-order valence-electron chi connectivity index (χ2n) is 10.7. The molecule has 1 aromatic heterocycles. The molecule has 0 unspecified atom stereocenters. The Morgan fingerprint density at radius 2 is 1.90 bits per heavy atom. The molecule has 3 heterocycles. The number of carbonyl (C=O) groups excluding carboxylic acids is 1. The lowest BCUT2D eigenvalue weighted by molar-refractivity contribution is -0.125. The van der Waals surface area contributed by atoms with Gasteiger partial charge in [0.15, 0.2) is 11.5 Å². The number of rotatable bonds is 7. The molecule has 5 rings (SSSR count). The molecule has 0 radical (unpaired) electrons. The molecule has 3 aromatic rings. The van der Waals surface area contributed by atoms with Crippen LogP contribution in [0.3, 0.4) is 0 Å². The van der Waals surface area contributed by atoms with Crippen molar-refractivity contribution in [1.29, 1.82) is 0 Å². The Bertz CT molecular complexity index is 1270. The Labute approximate surface area is 242 Å². The third-order valence-corrected chi connectivity index (χ3v) is 7.55. The number of piperidine rings is 1. The maximum atomic E-state index is 13.5. The summed E-state index contributed by atoms with van der Waals surface area (Å²) in [4.78, 5) is 22.2. The normalized spacial score (nSPS) is 20.5. The summed E-state index contributed by atoms with van der Waals surface area (Å²) in [7, 11) is 3.34. The van der Waals surface area contributed by atoms with E-state index in [1.165, 1.54) is 5.56 Å². The van der Waals surface area contributed by atoms with Crippen molar-refractivity contribution in [3.63, 3.8) is 0 Å². The number of carbonyl (C=O) groups is 1. The van der Waals surface area contributed by atoms with E-state index in [2.05, 4.69) is 20.1 Å². The van der Waals surface area contributed by atoms with Gasteiger partial charge in [-0.1, -0.05) is 18.2 Å². The molecule has 0 aliphatic carbocycles. The van der Waals surface area contributed by atoms with Gasteiger partial charge in [0, 0.05) is 58.8 Å². The van der Waals surface area contributed by atoms with E-state index < -0.39 is 0 Å². The lowest BCUT2D eigenvalue weighted by Crippen LogP contribution is -2.57. The van der Waals surface area contributed by atoms with Crippen molar-refractivity contribution >= 4 is 5.91 Å². The van der Waals surface area contributed by atoms with Crippen LogP contribution in [-0.2, 0) is 34.0 Å². The molecule has 2 aliphatic rings. The van der Waals surface area contributed by atoms with Crippen LogP contribution in [0.2, 0.25) is 0 Å². The molecule has 1 saturated heterocycles. The number of aromatic nitrogens is 1. The van der Waals surface area contributed by atoms with Crippen LogP contribution >= 0.6 is 0 Å². The highest BCUT2D eigenvalue weighted by atomic mass is 16.5. The molecule has 218 valence electrons. The fraction of sp³-hybridized carbons (Fsp3) is 0.438. The highest BCUT2D eigenvalue weighted by molar-refractivity contribution is 5.78. The quantitative estimate of drug-likeness (QED) is 0.434. The molecule has 0 saturated carbocycles. The van der Waals surface area contributed by atoms with Crippen LogP contribution in [0.5, 0.6) is 17.2 Å². The fourth-order valence-corrected chi connectivity index (χ4v) is 5.51. The number of hydrogen-bond donors (Lipinski definition) is 1. The Morgan fingerprint density at radius 3 is 2.73 bits per heavy atom. The summed E-state index contributed by atoms with van der Waals surface area (Å²) >= 11 is 0. The van der Waals surface area contributed by atoms with Gasteiger partial charge in [0.25, 0.3) is 0 Å². The van der Waals surface area contributed by atoms with Crippen molar-refractivity contribution in [3.05, 3.63) is 83.7 Å². The third kappa shape index (κ3) is 8.27. The van der Waals surface area contributed by atoms with E-state index in [0.29, 0.717) is 37.8 Å². The lowest BCUT2D eigenvalue weighted by atomic mass is 10.0. The van der Waals surface area contributed by atoms with Gasteiger partial charge in [-0.05, 0) is 65.9 Å². The molecule has 2 aliphatic heterocycles. The summed E-state index contributed by atoms with van der Waals surface area (Å²) in [6, 6.07) is 17.8. The van der Waals surface area contributed by atoms with Crippen LogP contribution in [0.1, 0.15) is 29.5 Å². The largest absolute Gasteiger partial charge is 0.493 e. The van der Waals surface area contributed by atoms with E-state index in [9.17, 15) is 4.79 Å². The second kappa shape index (κ2) is 14.4. The zero-order valence-corrected chi connectivity index (χ0v) is 24.0. The Kier molecular flexibility index (Phi) is 10.2. The molecule has 2 atom stereocenters. The van der Waals surface area contributed by atoms with Crippen molar-refractivity contribution in [1.82, 2.24) is 20.1 Å². The summed E-state index contributed by atoms with van der Waals surface area (Å²) in [6.07, 6.45) is 5.19. The summed E-state index contributed by atoms with van der Waals surface area (Å²) in [6.45, 7) is 5.07. The number of ether oxygens (including phenoxy) is 4. The minimum absolute atomic E-state index is 0.00847. The van der Waals surface area contributed by atoms with Crippen LogP contribution < -0.4 is 14.8 Å². The molecule has 41 heavy (non-hydrogen) atoms. The Hall–Kier alpha value is -3.50. The summed E-state index contributed by atoms with van der Waals surface area (Å²) in [5.74, 6) is 2.01. The van der Waals surface area contributed by atoms with Crippen molar-refractivity contribution in [2.75, 3.05) is 47.0 Å². The average molecular weight is 561 g/mol. The van der Waals surface area contributed by atoms with Gasteiger partial charge in [-0.2, -0.15) is 0 Å². The molecule has 1 amide bonds. The molecular formula is C32H40N4O5. The first-order chi connectivity index (χ1) is 20.1. The number of benzene rings is 2. The highest BCUT2D eigenvalue weighted by Gasteiger charge is 2.32. The van der Waals surface area contributed by atoms with E-state index in [4.69, 9.17) is 18.9 Å². The van der Waals surface area contributed by atoms with E-state index in [1.54, 1.807) is 14.2 Å². The van der Waals surface area contributed by atoms with Crippen molar-refractivity contribution < 1.29 is 23.7 Å². The van der Waals surface area contributed by atoms with Crippen molar-refractivity contribution in [3.8, 4) is 17.2 Å². The first kappa shape index (κ1) is 29.0. The van der Waals surface area contributed by atoms with Crippen LogP contribution in [0.4, 0.5) is 0 Å². The lowest BCUT2D eigenvalue weighted by Gasteiger charge is -2.39. The molecule has 2 aromatic carbocycles. The van der Waals surface area contributed by atoms with Crippen LogP contribution in [0.25, 0.3) is 0 Å². The molecule has 0 spiro atoms. The van der Waals surface area contributed by atoms with Gasteiger partial charge < -0.3 is 24.3 Å². The van der Waals surface area contributed by atoms with Crippen molar-refractivity contribution in [2.24, 2.45) is 0 Å². The zero-order chi connectivity index (χ0) is 28.4. The highest BCUT2D eigenvalue weighted by Crippen LogP contribution is 2.33. The van der Waals surface area contributed by atoms with E-state index in [1.807, 2.05) is 67.0 Å². The maximum absolute atomic E-state index is 13.5. The standard InChI is InChI=1S/C32H40N4O5/c1-38-16-4-14-35-20-25-7-8-30(39-2)31(18-25)41-27-6-3-5-26(17-27)23-40-29-11-15-36(19-24-9-12-33-13-10-24)21-28(29)34-32(37)22-35/h3,5-10,12-13,17-18,28-29H,4,11,14-16,19-23H2,1-2H3,(H,34,37)/t28-,29+/m0/s1. The Morgan fingerprint density at radius 1 is 1.02 bits per heavy atom. The Balaban J connectivity index is 1.40. The van der Waals surface area contributed by atoms with Gasteiger partial charge in [0.05, 0.1) is 32.4 Å². The van der Waals surface area contributed by atoms with Gasteiger partial charge in [0.2, 0.25) is 5.91 Å². The smallest absolute Gasteiger partial charge is 0.234 e. The molecule has 1 fully saturated rings. The number of pyridine rings is 1.